The summed E-state index contributed by atoms with van der Waals surface area (Å²) in [7, 11) is 0. The molecule has 1 aliphatic rings. The summed E-state index contributed by atoms with van der Waals surface area (Å²) in [5.74, 6) is -0.136. The molecule has 1 heterocycles. The maximum Gasteiger partial charge on any atom is 0.238 e. The SMILES string of the molecule is CCC1CN(CC(=O)Nc2ccc(F)cc2Cl)CCC1N. The van der Waals surface area contributed by atoms with Crippen molar-refractivity contribution in [1.29, 1.82) is 0 Å². The number of nitrogens with one attached hydrogen (secondary N) is 1. The van der Waals surface area contributed by atoms with Crippen LogP contribution < -0.4 is 11.1 Å². The topological polar surface area (TPSA) is 58.4 Å². The number of amides is 1. The minimum Gasteiger partial charge on any atom is -0.327 e. The predicted molar refractivity (Wildman–Crippen MR) is 82.9 cm³/mol. The fraction of sp³-hybridized carbons (Fsp3) is 0.533. The van der Waals surface area contributed by atoms with Crippen molar-refractivity contribution >= 4 is 23.2 Å². The van der Waals surface area contributed by atoms with E-state index >= 15 is 0 Å². The maximum atomic E-state index is 13.0. The molecule has 1 fully saturated rings. The van der Waals surface area contributed by atoms with Crippen LogP contribution in [0, 0.1) is 11.7 Å². The molecule has 1 amide bonds. The van der Waals surface area contributed by atoms with E-state index in [-0.39, 0.29) is 17.0 Å². The number of nitrogens with zero attached hydrogens (tertiary/aromatic N) is 1. The van der Waals surface area contributed by atoms with Crippen LogP contribution in [0.25, 0.3) is 0 Å². The molecule has 0 radical (unpaired) electrons. The number of piperidine rings is 1. The number of carbonyl (C=O) groups excluding carboxylic acids is 1. The van der Waals surface area contributed by atoms with Gasteiger partial charge in [-0.15, -0.1) is 0 Å². The average molecular weight is 314 g/mol. The van der Waals surface area contributed by atoms with Crippen molar-refractivity contribution in [1.82, 2.24) is 4.90 Å². The predicted octanol–water partition coefficient (Wildman–Crippen LogP) is 2.48. The summed E-state index contributed by atoms with van der Waals surface area (Å²) < 4.78 is 13.0. The number of anilines is 1. The van der Waals surface area contributed by atoms with Crippen LogP contribution in [0.15, 0.2) is 18.2 Å². The molecule has 0 spiro atoms. The van der Waals surface area contributed by atoms with Crippen LogP contribution in [0.5, 0.6) is 0 Å². The molecule has 6 heteroatoms. The van der Waals surface area contributed by atoms with Gasteiger partial charge in [-0.05, 0) is 30.5 Å². The Balaban J connectivity index is 1.90. The number of likely N-dealkylation sites (tertiary alicyclic amines) is 1. The first-order valence-corrected chi connectivity index (χ1v) is 7.60. The Morgan fingerprint density at radius 1 is 1.57 bits per heavy atom. The smallest absolute Gasteiger partial charge is 0.238 e. The molecule has 2 atom stereocenters. The molecule has 0 bridgehead atoms. The lowest BCUT2D eigenvalue weighted by molar-refractivity contribution is -0.117. The van der Waals surface area contributed by atoms with Crippen molar-refractivity contribution < 1.29 is 9.18 Å². The van der Waals surface area contributed by atoms with E-state index in [9.17, 15) is 9.18 Å². The van der Waals surface area contributed by atoms with Crippen LogP contribution in [0.1, 0.15) is 19.8 Å². The Kier molecular flexibility index (Phi) is 5.56. The molecule has 1 saturated heterocycles. The lowest BCUT2D eigenvalue weighted by Gasteiger charge is -2.36. The van der Waals surface area contributed by atoms with Gasteiger partial charge >= 0.3 is 0 Å². The summed E-state index contributed by atoms with van der Waals surface area (Å²) in [4.78, 5) is 14.2. The Hall–Kier alpha value is -1.17. The highest BCUT2D eigenvalue weighted by Gasteiger charge is 2.26. The zero-order valence-corrected chi connectivity index (χ0v) is 12.9. The number of carbonyl (C=O) groups is 1. The van der Waals surface area contributed by atoms with Gasteiger partial charge in [0.25, 0.3) is 0 Å². The molecule has 0 aromatic heterocycles. The molecule has 0 aliphatic carbocycles. The monoisotopic (exact) mass is 313 g/mol. The van der Waals surface area contributed by atoms with Crippen LogP contribution in [0.4, 0.5) is 10.1 Å². The molecule has 2 rings (SSSR count). The number of hydrogen-bond donors (Lipinski definition) is 2. The van der Waals surface area contributed by atoms with Gasteiger partial charge in [-0.2, -0.15) is 0 Å². The van der Waals surface area contributed by atoms with Gasteiger partial charge in [0.05, 0.1) is 17.3 Å². The molecule has 1 aromatic rings. The fourth-order valence-corrected chi connectivity index (χ4v) is 2.90. The summed E-state index contributed by atoms with van der Waals surface area (Å²) in [6, 6.07) is 4.15. The molecular weight excluding hydrogens is 293 g/mol. The van der Waals surface area contributed by atoms with E-state index in [4.69, 9.17) is 17.3 Å². The maximum absolute atomic E-state index is 13.0. The van der Waals surface area contributed by atoms with Crippen LogP contribution in [-0.2, 0) is 4.79 Å². The summed E-state index contributed by atoms with van der Waals surface area (Å²) in [5, 5.41) is 2.92. The van der Waals surface area contributed by atoms with E-state index in [1.165, 1.54) is 18.2 Å². The summed E-state index contributed by atoms with van der Waals surface area (Å²) in [6.45, 7) is 4.08. The summed E-state index contributed by atoms with van der Waals surface area (Å²) in [6.07, 6.45) is 1.92. The lowest BCUT2D eigenvalue weighted by Crippen LogP contribution is -2.48. The third-order valence-corrected chi connectivity index (χ3v) is 4.29. The van der Waals surface area contributed by atoms with Gasteiger partial charge in [-0.1, -0.05) is 24.9 Å². The second-order valence-corrected chi connectivity index (χ2v) is 5.94. The lowest BCUT2D eigenvalue weighted by atomic mass is 9.91. The van der Waals surface area contributed by atoms with E-state index in [1.807, 2.05) is 0 Å². The first kappa shape index (κ1) is 16.2. The van der Waals surface area contributed by atoms with Crippen molar-refractivity contribution in [3.63, 3.8) is 0 Å². The van der Waals surface area contributed by atoms with Crippen LogP contribution in [-0.4, -0.2) is 36.5 Å². The van der Waals surface area contributed by atoms with E-state index in [0.29, 0.717) is 18.2 Å². The number of benzene rings is 1. The van der Waals surface area contributed by atoms with Crippen molar-refractivity contribution in [3.8, 4) is 0 Å². The van der Waals surface area contributed by atoms with E-state index < -0.39 is 5.82 Å². The van der Waals surface area contributed by atoms with Crippen LogP contribution in [0.2, 0.25) is 5.02 Å². The highest BCUT2D eigenvalue weighted by Crippen LogP contribution is 2.23. The van der Waals surface area contributed by atoms with Crippen molar-refractivity contribution in [3.05, 3.63) is 29.0 Å². The largest absolute Gasteiger partial charge is 0.327 e. The number of rotatable bonds is 4. The second-order valence-electron chi connectivity index (χ2n) is 5.53. The molecule has 116 valence electrons. The Morgan fingerprint density at radius 3 is 3.00 bits per heavy atom. The zero-order chi connectivity index (χ0) is 15.4. The highest BCUT2D eigenvalue weighted by molar-refractivity contribution is 6.33. The third kappa shape index (κ3) is 4.40. The van der Waals surface area contributed by atoms with Crippen LogP contribution in [0.3, 0.4) is 0 Å². The minimum absolute atomic E-state index is 0.145. The quantitative estimate of drug-likeness (QED) is 0.898. The second kappa shape index (κ2) is 7.20. The number of hydrogen-bond acceptors (Lipinski definition) is 3. The summed E-state index contributed by atoms with van der Waals surface area (Å²) >= 11 is 5.90. The van der Waals surface area contributed by atoms with Crippen LogP contribution >= 0.6 is 11.6 Å². The number of nitrogens with two attached hydrogens (primary N) is 1. The molecule has 0 saturated carbocycles. The van der Waals surface area contributed by atoms with Gasteiger partial charge in [0.15, 0.2) is 0 Å². The molecule has 21 heavy (non-hydrogen) atoms. The van der Waals surface area contributed by atoms with Crippen molar-refractivity contribution in [2.75, 3.05) is 25.0 Å². The molecule has 3 N–H and O–H groups in total. The molecule has 1 aromatic carbocycles. The van der Waals surface area contributed by atoms with Gasteiger partial charge < -0.3 is 11.1 Å². The van der Waals surface area contributed by atoms with Gasteiger partial charge in [0, 0.05) is 19.1 Å². The normalized spacial score (nSPS) is 23.0. The average Bonchev–Trinajstić information content (AvgIpc) is 2.44. The van der Waals surface area contributed by atoms with Gasteiger partial charge in [0.1, 0.15) is 5.82 Å². The summed E-state index contributed by atoms with van der Waals surface area (Å²) in [5.41, 5.74) is 6.49. The Labute approximate surface area is 129 Å². The first-order chi connectivity index (χ1) is 9.99. The zero-order valence-electron chi connectivity index (χ0n) is 12.1. The molecule has 2 unspecified atom stereocenters. The van der Waals surface area contributed by atoms with E-state index in [0.717, 1.165) is 25.9 Å². The van der Waals surface area contributed by atoms with Gasteiger partial charge in [-0.3, -0.25) is 9.69 Å². The van der Waals surface area contributed by atoms with E-state index in [1.54, 1.807) is 0 Å². The third-order valence-electron chi connectivity index (χ3n) is 3.97. The van der Waals surface area contributed by atoms with E-state index in [2.05, 4.69) is 17.1 Å². The molecule has 4 nitrogen and oxygen atoms in total. The Bertz CT molecular complexity index is 512. The molecule has 1 aliphatic heterocycles. The molecular formula is C15H21ClFN3O. The Morgan fingerprint density at radius 2 is 2.33 bits per heavy atom. The minimum atomic E-state index is -0.422. The van der Waals surface area contributed by atoms with Crippen molar-refractivity contribution in [2.45, 2.75) is 25.8 Å². The standard InChI is InChI=1S/C15H21ClFN3O/c1-2-10-8-20(6-5-13(10)18)9-15(21)19-14-4-3-11(17)7-12(14)16/h3-4,7,10,13H,2,5-6,8-9,18H2,1H3,(H,19,21). The van der Waals surface area contributed by atoms with Gasteiger partial charge in [-0.25, -0.2) is 4.39 Å². The van der Waals surface area contributed by atoms with Crippen molar-refractivity contribution in [2.24, 2.45) is 11.7 Å². The highest BCUT2D eigenvalue weighted by atomic mass is 35.5. The van der Waals surface area contributed by atoms with Gasteiger partial charge in [0.2, 0.25) is 5.91 Å². The number of halogens is 2. The fourth-order valence-electron chi connectivity index (χ4n) is 2.68. The first-order valence-electron chi connectivity index (χ1n) is 7.22.